The number of ether oxygens (including phenoxy) is 1. The van der Waals surface area contributed by atoms with Crippen molar-refractivity contribution in [3.63, 3.8) is 0 Å². The molecule has 1 aliphatic rings. The second kappa shape index (κ2) is 14.3. The monoisotopic (exact) mass is 440 g/mol. The van der Waals surface area contributed by atoms with Crippen LogP contribution < -0.4 is 10.6 Å². The lowest BCUT2D eigenvalue weighted by molar-refractivity contribution is 0.145. The van der Waals surface area contributed by atoms with Crippen molar-refractivity contribution in [3.8, 4) is 0 Å². The fourth-order valence-electron chi connectivity index (χ4n) is 2.99. The molecule has 1 fully saturated rings. The van der Waals surface area contributed by atoms with Crippen LogP contribution in [-0.2, 0) is 4.74 Å². The van der Waals surface area contributed by atoms with E-state index in [0.29, 0.717) is 0 Å². The van der Waals surface area contributed by atoms with Crippen LogP contribution in [0.3, 0.4) is 0 Å². The molecule has 0 amide bonds. The fraction of sp³-hybridized carbons (Fsp3) is 0.941. The molecule has 0 radical (unpaired) electrons. The van der Waals surface area contributed by atoms with Gasteiger partial charge in [-0.15, -0.1) is 24.0 Å². The molecule has 1 saturated heterocycles. The van der Waals surface area contributed by atoms with Crippen molar-refractivity contribution in [2.75, 3.05) is 53.0 Å². The summed E-state index contributed by atoms with van der Waals surface area (Å²) < 4.78 is 5.34. The third kappa shape index (κ3) is 11.2. The Bertz CT molecular complexity index is 313. The molecule has 1 rings (SSSR count). The zero-order valence-electron chi connectivity index (χ0n) is 15.4. The van der Waals surface area contributed by atoms with Crippen molar-refractivity contribution in [3.05, 3.63) is 0 Å². The van der Waals surface area contributed by atoms with Gasteiger partial charge < -0.3 is 20.3 Å². The van der Waals surface area contributed by atoms with Crippen LogP contribution in [-0.4, -0.2) is 63.8 Å². The molecule has 0 bridgehead atoms. The molecule has 6 heteroatoms. The van der Waals surface area contributed by atoms with Gasteiger partial charge in [-0.05, 0) is 44.6 Å². The topological polar surface area (TPSA) is 48.9 Å². The Balaban J connectivity index is 0.00000484. The number of hydrogen-bond acceptors (Lipinski definition) is 3. The average molecular weight is 440 g/mol. The van der Waals surface area contributed by atoms with Crippen molar-refractivity contribution < 1.29 is 4.74 Å². The Hall–Kier alpha value is -0.0800. The van der Waals surface area contributed by atoms with Gasteiger partial charge in [-0.3, -0.25) is 4.99 Å². The molecule has 0 aromatic heterocycles. The lowest BCUT2D eigenvalue weighted by Gasteiger charge is -2.34. The molecule has 138 valence electrons. The van der Waals surface area contributed by atoms with Gasteiger partial charge in [-0.2, -0.15) is 0 Å². The summed E-state index contributed by atoms with van der Waals surface area (Å²) in [7, 11) is 1.84. The van der Waals surface area contributed by atoms with Gasteiger partial charge in [-0.25, -0.2) is 0 Å². The van der Waals surface area contributed by atoms with Crippen molar-refractivity contribution in [1.82, 2.24) is 15.5 Å². The number of rotatable bonds is 9. The second-order valence-corrected chi connectivity index (χ2v) is 6.59. The van der Waals surface area contributed by atoms with E-state index in [1.807, 2.05) is 14.0 Å². The summed E-state index contributed by atoms with van der Waals surface area (Å²) in [5.74, 6) is 2.40. The standard InChI is InChI=1S/C17H36N4O.HI/c1-5-22-11-7-9-19-17(18-4)20-12-16-8-6-10-21(14-16)13-15(2)3;/h15-16H,5-14H2,1-4H3,(H2,18,19,20);1H. The van der Waals surface area contributed by atoms with Crippen molar-refractivity contribution in [1.29, 1.82) is 0 Å². The average Bonchev–Trinajstić information content (AvgIpc) is 2.50. The molecule has 23 heavy (non-hydrogen) atoms. The van der Waals surface area contributed by atoms with Gasteiger partial charge in [0, 0.05) is 46.4 Å². The highest BCUT2D eigenvalue weighted by Gasteiger charge is 2.20. The molecule has 1 atom stereocenters. The van der Waals surface area contributed by atoms with Crippen molar-refractivity contribution in [2.45, 2.75) is 40.0 Å². The Morgan fingerprint density at radius 1 is 1.35 bits per heavy atom. The summed E-state index contributed by atoms with van der Waals surface area (Å²) in [6.45, 7) is 13.9. The lowest BCUT2D eigenvalue weighted by atomic mass is 9.97. The molecular weight excluding hydrogens is 403 g/mol. The minimum Gasteiger partial charge on any atom is -0.382 e. The Morgan fingerprint density at radius 3 is 2.78 bits per heavy atom. The van der Waals surface area contributed by atoms with Crippen LogP contribution in [0.15, 0.2) is 4.99 Å². The van der Waals surface area contributed by atoms with Gasteiger partial charge in [0.2, 0.25) is 0 Å². The summed E-state index contributed by atoms with van der Waals surface area (Å²) in [6.07, 6.45) is 3.66. The number of guanidine groups is 1. The lowest BCUT2D eigenvalue weighted by Crippen LogP contribution is -2.45. The molecule has 2 N–H and O–H groups in total. The van der Waals surface area contributed by atoms with E-state index in [1.165, 1.54) is 32.5 Å². The van der Waals surface area contributed by atoms with Crippen LogP contribution >= 0.6 is 24.0 Å². The molecule has 5 nitrogen and oxygen atoms in total. The van der Waals surface area contributed by atoms with Crippen LogP contribution in [0.5, 0.6) is 0 Å². The SMILES string of the molecule is CCOCCCNC(=NC)NCC1CCCN(CC(C)C)C1.I. The van der Waals surface area contributed by atoms with Crippen LogP contribution in [0.2, 0.25) is 0 Å². The molecule has 1 heterocycles. The second-order valence-electron chi connectivity index (χ2n) is 6.59. The molecule has 1 aliphatic heterocycles. The molecule has 0 aromatic carbocycles. The van der Waals surface area contributed by atoms with Gasteiger partial charge >= 0.3 is 0 Å². The van der Waals surface area contributed by atoms with E-state index in [2.05, 4.69) is 34.4 Å². The number of hydrogen-bond donors (Lipinski definition) is 2. The van der Waals surface area contributed by atoms with Gasteiger partial charge in [0.1, 0.15) is 0 Å². The molecular formula is C17H37IN4O. The number of nitrogens with one attached hydrogen (secondary N) is 2. The fourth-order valence-corrected chi connectivity index (χ4v) is 2.99. The molecule has 0 aromatic rings. The highest BCUT2D eigenvalue weighted by atomic mass is 127. The van der Waals surface area contributed by atoms with Gasteiger partial charge in [0.05, 0.1) is 0 Å². The van der Waals surface area contributed by atoms with E-state index >= 15 is 0 Å². The normalized spacial score (nSPS) is 19.5. The predicted octanol–water partition coefficient (Wildman–Crippen LogP) is 2.56. The zero-order valence-corrected chi connectivity index (χ0v) is 17.8. The van der Waals surface area contributed by atoms with E-state index in [4.69, 9.17) is 4.74 Å². The molecule has 0 spiro atoms. The quantitative estimate of drug-likeness (QED) is 0.251. The highest BCUT2D eigenvalue weighted by Crippen LogP contribution is 2.16. The van der Waals surface area contributed by atoms with Crippen molar-refractivity contribution >= 4 is 29.9 Å². The minimum atomic E-state index is 0. The van der Waals surface area contributed by atoms with Gasteiger partial charge in [0.25, 0.3) is 0 Å². The summed E-state index contributed by atoms with van der Waals surface area (Å²) in [5, 5.41) is 6.83. The number of likely N-dealkylation sites (tertiary alicyclic amines) is 1. The number of nitrogens with zero attached hydrogens (tertiary/aromatic N) is 2. The van der Waals surface area contributed by atoms with E-state index in [9.17, 15) is 0 Å². The first-order chi connectivity index (χ1) is 10.7. The van der Waals surface area contributed by atoms with E-state index in [0.717, 1.165) is 50.5 Å². The predicted molar refractivity (Wildman–Crippen MR) is 110 cm³/mol. The number of piperidine rings is 1. The minimum absolute atomic E-state index is 0. The maximum atomic E-state index is 5.34. The summed E-state index contributed by atoms with van der Waals surface area (Å²) >= 11 is 0. The highest BCUT2D eigenvalue weighted by molar-refractivity contribution is 14.0. The van der Waals surface area contributed by atoms with E-state index < -0.39 is 0 Å². The summed E-state index contributed by atoms with van der Waals surface area (Å²) in [6, 6.07) is 0. The first-order valence-corrected chi connectivity index (χ1v) is 8.90. The molecule has 1 unspecified atom stereocenters. The summed E-state index contributed by atoms with van der Waals surface area (Å²) in [5.41, 5.74) is 0. The third-order valence-corrected chi connectivity index (χ3v) is 3.97. The number of aliphatic imine (C=N–C) groups is 1. The zero-order chi connectivity index (χ0) is 16.2. The first-order valence-electron chi connectivity index (χ1n) is 8.90. The Kier molecular flexibility index (Phi) is 14.2. The smallest absolute Gasteiger partial charge is 0.190 e. The molecule has 0 aliphatic carbocycles. The maximum Gasteiger partial charge on any atom is 0.190 e. The van der Waals surface area contributed by atoms with Crippen LogP contribution in [0.25, 0.3) is 0 Å². The first kappa shape index (κ1) is 22.9. The Labute approximate surface area is 160 Å². The van der Waals surface area contributed by atoms with Crippen LogP contribution in [0.4, 0.5) is 0 Å². The van der Waals surface area contributed by atoms with Crippen LogP contribution in [0, 0.1) is 11.8 Å². The van der Waals surface area contributed by atoms with Crippen LogP contribution in [0.1, 0.15) is 40.0 Å². The van der Waals surface area contributed by atoms with E-state index in [-0.39, 0.29) is 24.0 Å². The van der Waals surface area contributed by atoms with Crippen molar-refractivity contribution in [2.24, 2.45) is 16.8 Å². The summed E-state index contributed by atoms with van der Waals surface area (Å²) in [4.78, 5) is 6.91. The van der Waals surface area contributed by atoms with Gasteiger partial charge in [0.15, 0.2) is 5.96 Å². The maximum absolute atomic E-state index is 5.34. The molecule has 0 saturated carbocycles. The van der Waals surface area contributed by atoms with E-state index in [1.54, 1.807) is 0 Å². The number of halogens is 1. The van der Waals surface area contributed by atoms with Gasteiger partial charge in [-0.1, -0.05) is 13.8 Å². The Morgan fingerprint density at radius 2 is 2.13 bits per heavy atom. The third-order valence-electron chi connectivity index (χ3n) is 3.97. The largest absolute Gasteiger partial charge is 0.382 e.